The number of halogens is 2. The number of amides is 2. The van der Waals surface area contributed by atoms with Crippen LogP contribution in [0.25, 0.3) is 17.4 Å². The number of fused-ring (bicyclic) bond motifs is 1. The van der Waals surface area contributed by atoms with Gasteiger partial charge in [-0.05, 0) is 42.5 Å². The highest BCUT2D eigenvalue weighted by Gasteiger charge is 2.35. The molecule has 1 fully saturated rings. The van der Waals surface area contributed by atoms with Crippen LogP contribution in [0.15, 0.2) is 58.5 Å². The normalized spacial score (nSPS) is 16.6. The molecule has 0 radical (unpaired) electrons. The highest BCUT2D eigenvalue weighted by molar-refractivity contribution is 6.42. The molecule has 0 atom stereocenters. The standard InChI is InChI=1S/C22H12Cl2N2O5/c23-17-5-3-13(8-18(17)24)26-21(28)16(20(27)25-26)9-14-4-6-19(31-14)11-1-2-12-10-30-22(29)15(12)7-11/h1-9H,10H2,(H,25,27)/b16-9+. The molecule has 2 amide bonds. The number of nitrogens with zero attached hydrogens (tertiary/aromatic N) is 1. The van der Waals surface area contributed by atoms with E-state index in [9.17, 15) is 14.4 Å². The molecule has 1 aromatic heterocycles. The summed E-state index contributed by atoms with van der Waals surface area (Å²) in [5, 5.41) is 1.68. The molecule has 2 aliphatic rings. The lowest BCUT2D eigenvalue weighted by Crippen LogP contribution is -2.35. The summed E-state index contributed by atoms with van der Waals surface area (Å²) < 4.78 is 10.8. The molecule has 2 aliphatic heterocycles. The molecule has 31 heavy (non-hydrogen) atoms. The van der Waals surface area contributed by atoms with Gasteiger partial charge < -0.3 is 9.15 Å². The van der Waals surface area contributed by atoms with Crippen LogP contribution in [0, 0.1) is 0 Å². The van der Waals surface area contributed by atoms with Crippen molar-refractivity contribution in [3.8, 4) is 11.3 Å². The van der Waals surface area contributed by atoms with E-state index in [1.165, 1.54) is 18.2 Å². The highest BCUT2D eigenvalue weighted by Crippen LogP contribution is 2.31. The first-order valence-electron chi connectivity index (χ1n) is 9.13. The summed E-state index contributed by atoms with van der Waals surface area (Å²) in [6.07, 6.45) is 1.36. The summed E-state index contributed by atoms with van der Waals surface area (Å²) in [6.45, 7) is 0.260. The number of hydrazine groups is 1. The maximum atomic E-state index is 12.8. The zero-order chi connectivity index (χ0) is 21.7. The number of hydrogen-bond acceptors (Lipinski definition) is 5. The van der Waals surface area contributed by atoms with Crippen LogP contribution in [0.5, 0.6) is 0 Å². The van der Waals surface area contributed by atoms with Gasteiger partial charge in [-0.15, -0.1) is 0 Å². The lowest BCUT2D eigenvalue weighted by atomic mass is 10.0. The average Bonchev–Trinajstić information content (AvgIpc) is 3.45. The second-order valence-corrected chi connectivity index (χ2v) is 7.70. The van der Waals surface area contributed by atoms with Gasteiger partial charge in [0, 0.05) is 11.1 Å². The Morgan fingerprint density at radius 3 is 2.61 bits per heavy atom. The van der Waals surface area contributed by atoms with Crippen molar-refractivity contribution in [3.05, 3.63) is 81.0 Å². The minimum absolute atomic E-state index is 0.0931. The van der Waals surface area contributed by atoms with Gasteiger partial charge in [0.05, 0.1) is 21.3 Å². The first-order chi connectivity index (χ1) is 14.9. The van der Waals surface area contributed by atoms with Gasteiger partial charge in [0.15, 0.2) is 0 Å². The molecule has 1 N–H and O–H groups in total. The van der Waals surface area contributed by atoms with Crippen molar-refractivity contribution in [1.82, 2.24) is 5.43 Å². The molecule has 3 aromatic rings. The molecule has 0 aliphatic carbocycles. The Morgan fingerprint density at radius 1 is 0.968 bits per heavy atom. The number of benzene rings is 2. The summed E-state index contributed by atoms with van der Waals surface area (Å²) in [4.78, 5) is 36.9. The summed E-state index contributed by atoms with van der Waals surface area (Å²) in [5.74, 6) is -0.702. The highest BCUT2D eigenvalue weighted by atomic mass is 35.5. The third kappa shape index (κ3) is 3.37. The molecule has 5 rings (SSSR count). The Hall–Kier alpha value is -3.55. The van der Waals surface area contributed by atoms with Crippen LogP contribution in [-0.4, -0.2) is 17.8 Å². The van der Waals surface area contributed by atoms with E-state index >= 15 is 0 Å². The van der Waals surface area contributed by atoms with Gasteiger partial charge in [0.25, 0.3) is 11.8 Å². The number of carbonyl (C=O) groups excluding carboxylic acids is 3. The molecule has 154 valence electrons. The van der Waals surface area contributed by atoms with Gasteiger partial charge in [-0.2, -0.15) is 0 Å². The average molecular weight is 455 g/mol. The summed E-state index contributed by atoms with van der Waals surface area (Å²) in [5.41, 5.74) is 4.77. The van der Waals surface area contributed by atoms with Crippen LogP contribution in [-0.2, 0) is 20.9 Å². The summed E-state index contributed by atoms with van der Waals surface area (Å²) in [7, 11) is 0. The topological polar surface area (TPSA) is 88.9 Å². The van der Waals surface area contributed by atoms with Crippen molar-refractivity contribution >= 4 is 52.7 Å². The quantitative estimate of drug-likeness (QED) is 0.360. The lowest BCUT2D eigenvalue weighted by molar-refractivity contribution is -0.117. The zero-order valence-electron chi connectivity index (χ0n) is 15.6. The number of ether oxygens (including phenoxy) is 1. The summed E-state index contributed by atoms with van der Waals surface area (Å²) >= 11 is 11.9. The predicted molar refractivity (Wildman–Crippen MR) is 113 cm³/mol. The minimum Gasteiger partial charge on any atom is -0.457 e. The van der Waals surface area contributed by atoms with E-state index in [-0.39, 0.29) is 23.2 Å². The molecule has 0 unspecified atom stereocenters. The van der Waals surface area contributed by atoms with Crippen molar-refractivity contribution in [2.45, 2.75) is 6.61 Å². The maximum Gasteiger partial charge on any atom is 0.338 e. The summed E-state index contributed by atoms with van der Waals surface area (Å²) in [6, 6.07) is 13.2. The number of cyclic esters (lactones) is 1. The minimum atomic E-state index is -0.575. The predicted octanol–water partition coefficient (Wildman–Crippen LogP) is 4.39. The van der Waals surface area contributed by atoms with E-state index < -0.39 is 11.8 Å². The second kappa shape index (κ2) is 7.30. The largest absolute Gasteiger partial charge is 0.457 e. The molecule has 0 spiro atoms. The van der Waals surface area contributed by atoms with Gasteiger partial charge in [-0.25, -0.2) is 9.80 Å². The van der Waals surface area contributed by atoms with Crippen molar-refractivity contribution in [3.63, 3.8) is 0 Å². The molecule has 9 heteroatoms. The van der Waals surface area contributed by atoms with Gasteiger partial charge in [0.1, 0.15) is 23.7 Å². The van der Waals surface area contributed by atoms with Crippen LogP contribution < -0.4 is 10.4 Å². The Bertz CT molecular complexity index is 1310. The molecule has 0 bridgehead atoms. The number of esters is 1. The molecule has 3 heterocycles. The Morgan fingerprint density at radius 2 is 1.81 bits per heavy atom. The third-order valence-corrected chi connectivity index (χ3v) is 5.68. The van der Waals surface area contributed by atoms with E-state index in [0.717, 1.165) is 10.6 Å². The SMILES string of the molecule is O=C1NN(c2ccc(Cl)c(Cl)c2)C(=O)/C1=C/c1ccc(-c2ccc3c(c2)C(=O)OC3)o1. The van der Waals surface area contributed by atoms with Crippen molar-refractivity contribution < 1.29 is 23.5 Å². The smallest absolute Gasteiger partial charge is 0.338 e. The number of nitrogens with one attached hydrogen (secondary N) is 1. The van der Waals surface area contributed by atoms with Gasteiger partial charge >= 0.3 is 5.97 Å². The van der Waals surface area contributed by atoms with Crippen LogP contribution in [0.2, 0.25) is 10.0 Å². The monoisotopic (exact) mass is 454 g/mol. The number of carbonyl (C=O) groups is 3. The van der Waals surface area contributed by atoms with E-state index in [0.29, 0.717) is 33.4 Å². The van der Waals surface area contributed by atoms with Crippen LogP contribution >= 0.6 is 23.2 Å². The van der Waals surface area contributed by atoms with Crippen molar-refractivity contribution in [2.75, 3.05) is 5.01 Å². The Kier molecular flexibility index (Phi) is 4.57. The zero-order valence-corrected chi connectivity index (χ0v) is 17.2. The molecule has 0 saturated carbocycles. The number of hydrogen-bond donors (Lipinski definition) is 1. The Labute approximate surface area is 185 Å². The first-order valence-corrected chi connectivity index (χ1v) is 9.89. The fourth-order valence-corrected chi connectivity index (χ4v) is 3.65. The van der Waals surface area contributed by atoms with Crippen molar-refractivity contribution in [2.24, 2.45) is 0 Å². The molecular formula is C22H12Cl2N2O5. The second-order valence-electron chi connectivity index (χ2n) is 6.89. The first kappa shape index (κ1) is 19.4. The number of furan rings is 1. The van der Waals surface area contributed by atoms with Crippen molar-refractivity contribution in [1.29, 1.82) is 0 Å². The molecule has 7 nitrogen and oxygen atoms in total. The van der Waals surface area contributed by atoms with Crippen LogP contribution in [0.1, 0.15) is 21.7 Å². The lowest BCUT2D eigenvalue weighted by Gasteiger charge is -2.15. The van der Waals surface area contributed by atoms with E-state index in [2.05, 4.69) is 5.43 Å². The van der Waals surface area contributed by atoms with Gasteiger partial charge in [-0.1, -0.05) is 35.3 Å². The van der Waals surface area contributed by atoms with Gasteiger partial charge in [-0.3, -0.25) is 15.0 Å². The van der Waals surface area contributed by atoms with Crippen LogP contribution in [0.3, 0.4) is 0 Å². The maximum absolute atomic E-state index is 12.8. The fraction of sp³-hybridized carbons (Fsp3) is 0.0455. The molecule has 2 aromatic carbocycles. The number of anilines is 1. The van der Waals surface area contributed by atoms with Gasteiger partial charge in [0.2, 0.25) is 0 Å². The fourth-order valence-electron chi connectivity index (χ4n) is 3.36. The molecule has 1 saturated heterocycles. The van der Waals surface area contributed by atoms with E-state index in [4.69, 9.17) is 32.4 Å². The Balaban J connectivity index is 1.42. The molecular weight excluding hydrogens is 443 g/mol. The third-order valence-electron chi connectivity index (χ3n) is 4.94. The number of rotatable bonds is 3. The van der Waals surface area contributed by atoms with Crippen LogP contribution in [0.4, 0.5) is 5.69 Å². The van der Waals surface area contributed by atoms with E-state index in [1.807, 2.05) is 6.07 Å². The van der Waals surface area contributed by atoms with E-state index in [1.54, 1.807) is 30.3 Å².